The zero-order chi connectivity index (χ0) is 18.1. The van der Waals surface area contributed by atoms with Crippen molar-refractivity contribution in [2.24, 2.45) is 0 Å². The van der Waals surface area contributed by atoms with Gasteiger partial charge in [0.2, 0.25) is 5.13 Å². The normalized spacial score (nSPS) is 15.0. The second kappa shape index (κ2) is 7.08. The summed E-state index contributed by atoms with van der Waals surface area (Å²) >= 11 is 1.30. The lowest BCUT2D eigenvalue weighted by molar-refractivity contribution is 0.102. The van der Waals surface area contributed by atoms with E-state index in [0.717, 1.165) is 29.6 Å². The van der Waals surface area contributed by atoms with Gasteiger partial charge in [-0.15, -0.1) is 10.2 Å². The molecule has 1 aliphatic rings. The van der Waals surface area contributed by atoms with Gasteiger partial charge in [-0.25, -0.2) is 9.67 Å². The molecule has 3 heterocycles. The first-order chi connectivity index (χ1) is 12.7. The van der Waals surface area contributed by atoms with Crippen LogP contribution in [0.1, 0.15) is 52.8 Å². The van der Waals surface area contributed by atoms with Crippen LogP contribution in [0.4, 0.5) is 5.13 Å². The summed E-state index contributed by atoms with van der Waals surface area (Å²) in [6.07, 6.45) is 6.39. The summed E-state index contributed by atoms with van der Waals surface area (Å²) in [4.78, 5) is 17.4. The van der Waals surface area contributed by atoms with E-state index in [4.69, 9.17) is 4.74 Å². The van der Waals surface area contributed by atoms with Crippen LogP contribution >= 0.6 is 11.3 Å². The molecule has 1 fully saturated rings. The molecular weight excluding hydrogens is 352 g/mol. The number of pyridine rings is 1. The number of nitrogens with zero attached hydrogens (tertiary/aromatic N) is 5. The average Bonchev–Trinajstić information content (AvgIpc) is 3.34. The van der Waals surface area contributed by atoms with Crippen molar-refractivity contribution >= 4 is 33.4 Å². The minimum absolute atomic E-state index is 0.230. The van der Waals surface area contributed by atoms with Gasteiger partial charge in [-0.2, -0.15) is 5.10 Å². The van der Waals surface area contributed by atoms with Gasteiger partial charge in [-0.05, 0) is 25.8 Å². The first-order valence-electron chi connectivity index (χ1n) is 8.63. The van der Waals surface area contributed by atoms with Gasteiger partial charge in [0.1, 0.15) is 11.6 Å². The van der Waals surface area contributed by atoms with Crippen LogP contribution in [0.25, 0.3) is 11.0 Å². The van der Waals surface area contributed by atoms with Crippen molar-refractivity contribution in [2.45, 2.75) is 45.3 Å². The number of carbonyl (C=O) groups excluding carboxylic acids is 1. The lowest BCUT2D eigenvalue weighted by Gasteiger charge is -2.11. The Labute approximate surface area is 154 Å². The van der Waals surface area contributed by atoms with E-state index in [1.54, 1.807) is 19.4 Å². The molecule has 0 aromatic carbocycles. The molecular formula is C17H20N6O2S. The Balaban J connectivity index is 1.65. The highest BCUT2D eigenvalue weighted by atomic mass is 32.1. The summed E-state index contributed by atoms with van der Waals surface area (Å²) in [5.74, 6) is -0.230. The molecule has 1 saturated carbocycles. The number of fused-ring (bicyclic) bond motifs is 1. The third-order valence-electron chi connectivity index (χ3n) is 4.57. The Kier molecular flexibility index (Phi) is 4.64. The number of aromatic nitrogens is 5. The third kappa shape index (κ3) is 3.19. The van der Waals surface area contributed by atoms with E-state index in [2.05, 4.69) is 25.6 Å². The fourth-order valence-electron chi connectivity index (χ4n) is 3.40. The molecule has 8 nitrogen and oxygen atoms in total. The molecule has 0 bridgehead atoms. The van der Waals surface area contributed by atoms with Crippen LogP contribution in [0.15, 0.2) is 12.3 Å². The Morgan fingerprint density at radius 3 is 2.96 bits per heavy atom. The van der Waals surface area contributed by atoms with Crippen LogP contribution in [0, 0.1) is 6.92 Å². The molecule has 1 aliphatic carbocycles. The zero-order valence-corrected chi connectivity index (χ0v) is 15.5. The number of ether oxygens (including phenoxy) is 1. The Morgan fingerprint density at radius 1 is 1.38 bits per heavy atom. The molecule has 0 spiro atoms. The molecule has 0 atom stereocenters. The fraction of sp³-hybridized carbons (Fsp3) is 0.471. The van der Waals surface area contributed by atoms with E-state index < -0.39 is 0 Å². The minimum atomic E-state index is -0.230. The predicted molar refractivity (Wildman–Crippen MR) is 98.3 cm³/mol. The van der Waals surface area contributed by atoms with E-state index in [0.29, 0.717) is 28.4 Å². The summed E-state index contributed by atoms with van der Waals surface area (Å²) in [5.41, 5.74) is 2.12. The number of amides is 1. The van der Waals surface area contributed by atoms with E-state index in [1.165, 1.54) is 24.2 Å². The first-order valence-corrected chi connectivity index (χ1v) is 9.45. The number of methoxy groups -OCH3 is 1. The fourth-order valence-corrected chi connectivity index (χ4v) is 4.10. The van der Waals surface area contributed by atoms with E-state index in [1.807, 2.05) is 11.6 Å². The molecule has 0 saturated heterocycles. The van der Waals surface area contributed by atoms with Crippen LogP contribution < -0.4 is 5.32 Å². The highest BCUT2D eigenvalue weighted by molar-refractivity contribution is 7.15. The Bertz CT molecular complexity index is 944. The molecule has 26 heavy (non-hydrogen) atoms. The van der Waals surface area contributed by atoms with Crippen LogP contribution in [-0.4, -0.2) is 38.0 Å². The number of carbonyl (C=O) groups is 1. The van der Waals surface area contributed by atoms with Crippen molar-refractivity contribution in [1.82, 2.24) is 25.0 Å². The number of nitrogens with one attached hydrogen (secondary N) is 1. The lowest BCUT2D eigenvalue weighted by atomic mass is 10.1. The number of aryl methyl sites for hydroxylation is 1. The van der Waals surface area contributed by atoms with Gasteiger partial charge in [-0.3, -0.25) is 10.1 Å². The number of anilines is 1. The maximum absolute atomic E-state index is 12.8. The molecule has 1 amide bonds. The highest BCUT2D eigenvalue weighted by Crippen LogP contribution is 2.32. The second-order valence-electron chi connectivity index (χ2n) is 6.46. The molecule has 0 radical (unpaired) electrons. The molecule has 0 unspecified atom stereocenters. The van der Waals surface area contributed by atoms with Gasteiger partial charge >= 0.3 is 0 Å². The summed E-state index contributed by atoms with van der Waals surface area (Å²) in [5, 5.41) is 17.3. The highest BCUT2D eigenvalue weighted by Gasteiger charge is 2.23. The molecule has 0 aliphatic heterocycles. The second-order valence-corrected chi connectivity index (χ2v) is 7.53. The summed E-state index contributed by atoms with van der Waals surface area (Å²) < 4.78 is 7.01. The van der Waals surface area contributed by atoms with Gasteiger partial charge < -0.3 is 4.74 Å². The van der Waals surface area contributed by atoms with Gasteiger partial charge in [0.05, 0.1) is 23.2 Å². The summed E-state index contributed by atoms with van der Waals surface area (Å²) in [7, 11) is 1.60. The number of hydrogen-bond donors (Lipinski definition) is 1. The summed E-state index contributed by atoms with van der Waals surface area (Å²) in [6, 6.07) is 2.16. The van der Waals surface area contributed by atoms with Crippen molar-refractivity contribution in [3.8, 4) is 0 Å². The quantitative estimate of drug-likeness (QED) is 0.739. The minimum Gasteiger partial charge on any atom is -0.377 e. The third-order valence-corrected chi connectivity index (χ3v) is 5.38. The van der Waals surface area contributed by atoms with Crippen LogP contribution in [0.5, 0.6) is 0 Å². The van der Waals surface area contributed by atoms with Gasteiger partial charge in [0.25, 0.3) is 5.91 Å². The molecule has 3 aromatic heterocycles. The van der Waals surface area contributed by atoms with Crippen molar-refractivity contribution in [3.05, 3.63) is 28.5 Å². The van der Waals surface area contributed by atoms with Crippen LogP contribution in [-0.2, 0) is 11.3 Å². The van der Waals surface area contributed by atoms with Crippen LogP contribution in [0.3, 0.4) is 0 Å². The van der Waals surface area contributed by atoms with Crippen molar-refractivity contribution in [1.29, 1.82) is 0 Å². The largest absolute Gasteiger partial charge is 0.377 e. The standard InChI is InChI=1S/C17H20N6O2S/c1-10-7-12(16(24)20-17-22-21-14(26-17)9-25-2)13-8-18-23(15(13)19-10)11-5-3-4-6-11/h7-8,11H,3-6,9H2,1-2H3,(H,20,22,24). The first kappa shape index (κ1) is 17.0. The number of rotatable bonds is 5. The van der Waals surface area contributed by atoms with Gasteiger partial charge in [0, 0.05) is 12.8 Å². The Hall–Kier alpha value is -2.39. The van der Waals surface area contributed by atoms with Crippen molar-refractivity contribution in [3.63, 3.8) is 0 Å². The zero-order valence-electron chi connectivity index (χ0n) is 14.7. The lowest BCUT2D eigenvalue weighted by Crippen LogP contribution is -2.13. The van der Waals surface area contributed by atoms with Crippen molar-refractivity contribution in [2.75, 3.05) is 12.4 Å². The SMILES string of the molecule is COCc1nnc(NC(=O)c2cc(C)nc3c2cnn3C2CCCC2)s1. The Morgan fingerprint density at radius 2 is 2.19 bits per heavy atom. The van der Waals surface area contributed by atoms with E-state index in [9.17, 15) is 4.79 Å². The molecule has 1 N–H and O–H groups in total. The molecule has 9 heteroatoms. The van der Waals surface area contributed by atoms with Crippen LogP contribution in [0.2, 0.25) is 0 Å². The van der Waals surface area contributed by atoms with Gasteiger partial charge in [-0.1, -0.05) is 24.2 Å². The van der Waals surface area contributed by atoms with Crippen molar-refractivity contribution < 1.29 is 9.53 Å². The number of hydrogen-bond acceptors (Lipinski definition) is 7. The molecule has 136 valence electrons. The average molecular weight is 372 g/mol. The van der Waals surface area contributed by atoms with Gasteiger partial charge in [0.15, 0.2) is 5.65 Å². The van der Waals surface area contributed by atoms with E-state index >= 15 is 0 Å². The predicted octanol–water partition coefficient (Wildman–Crippen LogP) is 3.11. The summed E-state index contributed by atoms with van der Waals surface area (Å²) in [6.45, 7) is 2.27. The maximum atomic E-state index is 12.8. The monoisotopic (exact) mass is 372 g/mol. The van der Waals surface area contributed by atoms with E-state index in [-0.39, 0.29) is 5.91 Å². The molecule has 4 rings (SSSR count). The topological polar surface area (TPSA) is 94.8 Å². The molecule has 3 aromatic rings. The smallest absolute Gasteiger partial charge is 0.258 e. The maximum Gasteiger partial charge on any atom is 0.258 e.